The van der Waals surface area contributed by atoms with Crippen LogP contribution < -0.4 is 5.73 Å². The van der Waals surface area contributed by atoms with Gasteiger partial charge in [0, 0.05) is 11.1 Å². The van der Waals surface area contributed by atoms with Crippen LogP contribution in [0.25, 0.3) is 0 Å². The van der Waals surface area contributed by atoms with Crippen molar-refractivity contribution < 1.29 is 8.78 Å². The Balaban J connectivity index is 2.49. The molecule has 0 saturated heterocycles. The zero-order chi connectivity index (χ0) is 13.4. The second-order valence-corrected chi connectivity index (χ2v) is 4.46. The summed E-state index contributed by atoms with van der Waals surface area (Å²) in [6, 6.07) is 1.94. The molecule has 0 spiro atoms. The van der Waals surface area contributed by atoms with Gasteiger partial charge in [-0.25, -0.2) is 13.5 Å². The fraction of sp³-hybridized carbons (Fsp3) is 0.308. The Labute approximate surface area is 104 Å². The van der Waals surface area contributed by atoms with Crippen LogP contribution in [0.5, 0.6) is 0 Å². The molecule has 0 aliphatic heterocycles. The second kappa shape index (κ2) is 4.40. The van der Waals surface area contributed by atoms with Gasteiger partial charge in [0.1, 0.15) is 17.5 Å². The highest BCUT2D eigenvalue weighted by Gasteiger charge is 2.18. The molecule has 0 fully saturated rings. The first-order chi connectivity index (χ1) is 8.41. The second-order valence-electron chi connectivity index (χ2n) is 4.46. The van der Waals surface area contributed by atoms with E-state index in [0.717, 1.165) is 5.56 Å². The van der Waals surface area contributed by atoms with Crippen molar-refractivity contribution in [2.75, 3.05) is 5.73 Å². The molecular formula is C13H15F2N3. The zero-order valence-corrected chi connectivity index (χ0v) is 10.5. The van der Waals surface area contributed by atoms with E-state index in [0.29, 0.717) is 5.82 Å². The maximum atomic E-state index is 13.9. The number of aromatic nitrogens is 2. The van der Waals surface area contributed by atoms with Crippen molar-refractivity contribution in [3.05, 3.63) is 46.7 Å². The third-order valence-corrected chi connectivity index (χ3v) is 3.12. The molecule has 0 aliphatic carbocycles. The lowest BCUT2D eigenvalue weighted by atomic mass is 10.1. The number of hydrogen-bond acceptors (Lipinski definition) is 2. The van der Waals surface area contributed by atoms with E-state index in [9.17, 15) is 8.78 Å². The van der Waals surface area contributed by atoms with Crippen LogP contribution in [0.4, 0.5) is 14.6 Å². The molecule has 18 heavy (non-hydrogen) atoms. The van der Waals surface area contributed by atoms with Crippen LogP contribution in [-0.2, 0) is 0 Å². The van der Waals surface area contributed by atoms with Gasteiger partial charge in [-0.3, -0.25) is 0 Å². The lowest BCUT2D eigenvalue weighted by Crippen LogP contribution is -2.13. The Kier molecular flexibility index (Phi) is 3.07. The predicted molar refractivity (Wildman–Crippen MR) is 66.3 cm³/mol. The Morgan fingerprint density at radius 3 is 2.39 bits per heavy atom. The maximum absolute atomic E-state index is 13.9. The SMILES string of the molecule is Cc1cc(F)c(C(C)n2ncc(C)c2N)cc1F. The third-order valence-electron chi connectivity index (χ3n) is 3.12. The largest absolute Gasteiger partial charge is 0.384 e. The summed E-state index contributed by atoms with van der Waals surface area (Å²) in [5.74, 6) is -0.419. The first-order valence-electron chi connectivity index (χ1n) is 5.67. The van der Waals surface area contributed by atoms with Gasteiger partial charge in [-0.15, -0.1) is 0 Å². The molecule has 5 heteroatoms. The minimum atomic E-state index is -0.450. The molecular weight excluding hydrogens is 236 g/mol. The van der Waals surface area contributed by atoms with Crippen molar-refractivity contribution in [1.82, 2.24) is 9.78 Å². The summed E-state index contributed by atoms with van der Waals surface area (Å²) >= 11 is 0. The quantitative estimate of drug-likeness (QED) is 0.891. The van der Waals surface area contributed by atoms with Crippen molar-refractivity contribution in [2.45, 2.75) is 26.8 Å². The summed E-state index contributed by atoms with van der Waals surface area (Å²) in [4.78, 5) is 0. The van der Waals surface area contributed by atoms with E-state index < -0.39 is 17.7 Å². The maximum Gasteiger partial charge on any atom is 0.129 e. The van der Waals surface area contributed by atoms with E-state index >= 15 is 0 Å². The average molecular weight is 251 g/mol. The van der Waals surface area contributed by atoms with E-state index in [1.807, 2.05) is 6.92 Å². The molecule has 0 bridgehead atoms. The minimum Gasteiger partial charge on any atom is -0.384 e. The third kappa shape index (κ3) is 1.96. The van der Waals surface area contributed by atoms with Crippen molar-refractivity contribution in [1.29, 1.82) is 0 Å². The number of nitrogens with zero attached hydrogens (tertiary/aromatic N) is 2. The Hall–Kier alpha value is -1.91. The smallest absolute Gasteiger partial charge is 0.129 e. The van der Waals surface area contributed by atoms with Gasteiger partial charge in [-0.05, 0) is 38.5 Å². The zero-order valence-electron chi connectivity index (χ0n) is 10.5. The van der Waals surface area contributed by atoms with E-state index in [1.165, 1.54) is 23.7 Å². The highest BCUT2D eigenvalue weighted by atomic mass is 19.1. The topological polar surface area (TPSA) is 43.8 Å². The summed E-state index contributed by atoms with van der Waals surface area (Å²) in [7, 11) is 0. The summed E-state index contributed by atoms with van der Waals surface area (Å²) in [6.07, 6.45) is 1.61. The molecule has 1 heterocycles. The van der Waals surface area contributed by atoms with E-state index in [4.69, 9.17) is 5.73 Å². The van der Waals surface area contributed by atoms with Crippen LogP contribution in [0.3, 0.4) is 0 Å². The summed E-state index contributed by atoms with van der Waals surface area (Å²) < 4.78 is 28.9. The average Bonchev–Trinajstić information content (AvgIpc) is 2.64. The van der Waals surface area contributed by atoms with Crippen LogP contribution in [0, 0.1) is 25.5 Å². The Morgan fingerprint density at radius 2 is 1.83 bits per heavy atom. The molecule has 2 N–H and O–H groups in total. The monoisotopic (exact) mass is 251 g/mol. The fourth-order valence-electron chi connectivity index (χ4n) is 1.88. The van der Waals surface area contributed by atoms with Gasteiger partial charge in [-0.2, -0.15) is 5.10 Å². The van der Waals surface area contributed by atoms with E-state index in [2.05, 4.69) is 5.10 Å². The van der Waals surface area contributed by atoms with E-state index in [1.54, 1.807) is 13.1 Å². The van der Waals surface area contributed by atoms with Gasteiger partial charge < -0.3 is 5.73 Å². The van der Waals surface area contributed by atoms with Crippen molar-refractivity contribution in [2.24, 2.45) is 0 Å². The summed E-state index contributed by atoms with van der Waals surface area (Å²) in [5.41, 5.74) is 7.19. The molecule has 3 nitrogen and oxygen atoms in total. The number of nitrogen functional groups attached to an aromatic ring is 1. The van der Waals surface area contributed by atoms with Crippen molar-refractivity contribution >= 4 is 5.82 Å². The number of halogens is 2. The van der Waals surface area contributed by atoms with Crippen molar-refractivity contribution in [3.63, 3.8) is 0 Å². The van der Waals surface area contributed by atoms with Gasteiger partial charge in [-0.1, -0.05) is 0 Å². The van der Waals surface area contributed by atoms with Crippen LogP contribution in [0.15, 0.2) is 18.3 Å². The highest BCUT2D eigenvalue weighted by molar-refractivity contribution is 5.39. The normalized spacial score (nSPS) is 12.7. The van der Waals surface area contributed by atoms with Crippen LogP contribution >= 0.6 is 0 Å². The van der Waals surface area contributed by atoms with Gasteiger partial charge >= 0.3 is 0 Å². The molecule has 0 amide bonds. The molecule has 96 valence electrons. The molecule has 1 atom stereocenters. The minimum absolute atomic E-state index is 0.243. The number of hydrogen-bond donors (Lipinski definition) is 1. The van der Waals surface area contributed by atoms with Gasteiger partial charge in [0.2, 0.25) is 0 Å². The Morgan fingerprint density at radius 1 is 1.17 bits per heavy atom. The lowest BCUT2D eigenvalue weighted by Gasteiger charge is -2.16. The van der Waals surface area contributed by atoms with Gasteiger partial charge in [0.05, 0.1) is 12.2 Å². The molecule has 2 rings (SSSR count). The number of anilines is 1. The first kappa shape index (κ1) is 12.5. The molecule has 2 aromatic rings. The van der Waals surface area contributed by atoms with E-state index in [-0.39, 0.29) is 11.1 Å². The lowest BCUT2D eigenvalue weighted by molar-refractivity contribution is 0.515. The van der Waals surface area contributed by atoms with Crippen molar-refractivity contribution in [3.8, 4) is 0 Å². The molecule has 0 radical (unpaired) electrons. The number of rotatable bonds is 2. The molecule has 1 unspecified atom stereocenters. The summed E-state index contributed by atoms with van der Waals surface area (Å²) in [5, 5.41) is 4.09. The standard InChI is InChI=1S/C13H15F2N3/c1-7-4-12(15)10(5-11(7)14)9(3)18-13(16)8(2)6-17-18/h4-6,9H,16H2,1-3H3. The number of aryl methyl sites for hydroxylation is 2. The van der Waals surface area contributed by atoms with Gasteiger partial charge in [0.15, 0.2) is 0 Å². The summed E-state index contributed by atoms with van der Waals surface area (Å²) in [6.45, 7) is 5.08. The molecule has 0 aliphatic rings. The van der Waals surface area contributed by atoms with Crippen LogP contribution in [0.1, 0.15) is 29.7 Å². The fourth-order valence-corrected chi connectivity index (χ4v) is 1.88. The number of benzene rings is 1. The highest BCUT2D eigenvalue weighted by Crippen LogP contribution is 2.26. The predicted octanol–water partition coefficient (Wildman–Crippen LogP) is 2.97. The molecule has 1 aromatic heterocycles. The number of nitrogens with two attached hydrogens (primary N) is 1. The molecule has 1 aromatic carbocycles. The van der Waals surface area contributed by atoms with Crippen LogP contribution in [-0.4, -0.2) is 9.78 Å². The Bertz CT molecular complexity index is 590. The van der Waals surface area contributed by atoms with Gasteiger partial charge in [0.25, 0.3) is 0 Å². The van der Waals surface area contributed by atoms with Crippen LogP contribution in [0.2, 0.25) is 0 Å². The first-order valence-corrected chi connectivity index (χ1v) is 5.67. The molecule has 0 saturated carbocycles.